The molecule has 1 aliphatic heterocycles. The van der Waals surface area contributed by atoms with E-state index in [1.807, 2.05) is 6.07 Å². The Labute approximate surface area is 108 Å². The highest BCUT2D eigenvalue weighted by Gasteiger charge is 2.20. The number of hydrogen-bond acceptors (Lipinski definition) is 3. The number of ether oxygens (including phenoxy) is 1. The van der Waals surface area contributed by atoms with Crippen molar-refractivity contribution in [3.63, 3.8) is 0 Å². The summed E-state index contributed by atoms with van der Waals surface area (Å²) >= 11 is 1.74. The van der Waals surface area contributed by atoms with Crippen molar-refractivity contribution in [2.75, 3.05) is 26.5 Å². The highest BCUT2D eigenvalue weighted by molar-refractivity contribution is 7.98. The van der Waals surface area contributed by atoms with E-state index in [0.717, 1.165) is 24.8 Å². The third kappa shape index (κ3) is 3.39. The van der Waals surface area contributed by atoms with Crippen LogP contribution in [0.5, 0.6) is 5.75 Å². The van der Waals surface area contributed by atoms with Crippen LogP contribution in [0.1, 0.15) is 19.3 Å². The van der Waals surface area contributed by atoms with Crippen LogP contribution in [0, 0.1) is 0 Å². The Morgan fingerprint density at radius 3 is 2.94 bits per heavy atom. The molecule has 0 saturated carbocycles. The number of para-hydroxylation sites is 1. The first-order valence-corrected chi connectivity index (χ1v) is 7.50. The van der Waals surface area contributed by atoms with Crippen molar-refractivity contribution in [3.05, 3.63) is 24.3 Å². The summed E-state index contributed by atoms with van der Waals surface area (Å²) in [5.41, 5.74) is 0. The second-order valence-electron chi connectivity index (χ2n) is 4.56. The standard InChI is InChI=1S/C14H21NOS/c1-15-10-5-6-12(15)9-11-16-13-7-3-4-8-14(13)17-2/h3-4,7-8,12H,5-6,9-11H2,1-2H3. The van der Waals surface area contributed by atoms with Crippen molar-refractivity contribution < 1.29 is 4.74 Å². The van der Waals surface area contributed by atoms with Gasteiger partial charge in [-0.05, 0) is 51.2 Å². The molecule has 1 fully saturated rings. The van der Waals surface area contributed by atoms with E-state index in [-0.39, 0.29) is 0 Å². The van der Waals surface area contributed by atoms with E-state index in [2.05, 4.69) is 36.4 Å². The molecule has 0 radical (unpaired) electrons. The van der Waals surface area contributed by atoms with Gasteiger partial charge in [-0.1, -0.05) is 12.1 Å². The lowest BCUT2D eigenvalue weighted by molar-refractivity contribution is 0.230. The Hall–Kier alpha value is -0.670. The fourth-order valence-corrected chi connectivity index (χ4v) is 2.93. The average Bonchev–Trinajstić information content (AvgIpc) is 2.76. The van der Waals surface area contributed by atoms with E-state index < -0.39 is 0 Å². The summed E-state index contributed by atoms with van der Waals surface area (Å²) in [6.45, 7) is 2.07. The van der Waals surface area contributed by atoms with Gasteiger partial charge in [0.2, 0.25) is 0 Å². The van der Waals surface area contributed by atoms with E-state index in [1.165, 1.54) is 24.3 Å². The second-order valence-corrected chi connectivity index (χ2v) is 5.41. The minimum Gasteiger partial charge on any atom is -0.492 e. The van der Waals surface area contributed by atoms with Crippen molar-refractivity contribution >= 4 is 11.8 Å². The maximum atomic E-state index is 5.89. The molecule has 1 aliphatic rings. The summed E-state index contributed by atoms with van der Waals surface area (Å²) in [6, 6.07) is 8.99. The van der Waals surface area contributed by atoms with E-state index >= 15 is 0 Å². The SMILES string of the molecule is CSc1ccccc1OCCC1CCCN1C. The Bertz CT molecular complexity index is 356. The molecule has 1 unspecified atom stereocenters. The van der Waals surface area contributed by atoms with Gasteiger partial charge in [-0.15, -0.1) is 11.8 Å². The molecule has 0 amide bonds. The molecule has 1 atom stereocenters. The molecule has 3 heteroatoms. The molecule has 17 heavy (non-hydrogen) atoms. The highest BCUT2D eigenvalue weighted by Crippen LogP contribution is 2.27. The van der Waals surface area contributed by atoms with Gasteiger partial charge in [0.1, 0.15) is 5.75 Å². The van der Waals surface area contributed by atoms with Crippen molar-refractivity contribution in [1.82, 2.24) is 4.90 Å². The number of benzene rings is 1. The zero-order chi connectivity index (χ0) is 12.1. The lowest BCUT2D eigenvalue weighted by Gasteiger charge is -2.19. The van der Waals surface area contributed by atoms with E-state index in [9.17, 15) is 0 Å². The lowest BCUT2D eigenvalue weighted by Crippen LogP contribution is -2.26. The molecule has 1 aromatic rings. The minimum atomic E-state index is 0.719. The van der Waals surface area contributed by atoms with Gasteiger partial charge in [0.05, 0.1) is 6.61 Å². The van der Waals surface area contributed by atoms with Crippen LogP contribution in [0.4, 0.5) is 0 Å². The molecular weight excluding hydrogens is 230 g/mol. The maximum absolute atomic E-state index is 5.89. The van der Waals surface area contributed by atoms with Gasteiger partial charge in [0.25, 0.3) is 0 Å². The van der Waals surface area contributed by atoms with E-state index in [4.69, 9.17) is 4.74 Å². The molecule has 1 heterocycles. The summed E-state index contributed by atoms with van der Waals surface area (Å²) in [6.07, 6.45) is 5.89. The Balaban J connectivity index is 1.81. The number of rotatable bonds is 5. The van der Waals surface area contributed by atoms with Gasteiger partial charge in [-0.2, -0.15) is 0 Å². The number of thioether (sulfide) groups is 1. The fourth-order valence-electron chi connectivity index (χ4n) is 2.39. The average molecular weight is 251 g/mol. The molecule has 0 bridgehead atoms. The van der Waals surface area contributed by atoms with Crippen LogP contribution in [-0.2, 0) is 0 Å². The molecular formula is C14H21NOS. The Kier molecular flexibility index (Phi) is 4.75. The van der Waals surface area contributed by atoms with Gasteiger partial charge in [-0.3, -0.25) is 0 Å². The molecule has 2 nitrogen and oxygen atoms in total. The summed E-state index contributed by atoms with van der Waals surface area (Å²) in [7, 11) is 2.22. The van der Waals surface area contributed by atoms with Gasteiger partial charge < -0.3 is 9.64 Å². The topological polar surface area (TPSA) is 12.5 Å². The summed E-state index contributed by atoms with van der Waals surface area (Å²) in [5.74, 6) is 1.03. The van der Waals surface area contributed by atoms with Gasteiger partial charge in [0.15, 0.2) is 0 Å². The van der Waals surface area contributed by atoms with Crippen molar-refractivity contribution in [1.29, 1.82) is 0 Å². The van der Waals surface area contributed by atoms with Crippen LogP contribution in [0.15, 0.2) is 29.2 Å². The zero-order valence-corrected chi connectivity index (χ0v) is 11.5. The Morgan fingerprint density at radius 1 is 1.41 bits per heavy atom. The van der Waals surface area contributed by atoms with Crippen LogP contribution >= 0.6 is 11.8 Å². The number of nitrogens with zero attached hydrogens (tertiary/aromatic N) is 1. The van der Waals surface area contributed by atoms with Crippen LogP contribution in [-0.4, -0.2) is 37.4 Å². The van der Waals surface area contributed by atoms with E-state index in [1.54, 1.807) is 11.8 Å². The molecule has 1 saturated heterocycles. The first kappa shape index (κ1) is 12.8. The summed E-state index contributed by atoms with van der Waals surface area (Å²) < 4.78 is 5.89. The van der Waals surface area contributed by atoms with Gasteiger partial charge >= 0.3 is 0 Å². The van der Waals surface area contributed by atoms with Crippen LogP contribution < -0.4 is 4.74 Å². The first-order valence-electron chi connectivity index (χ1n) is 6.27. The molecule has 0 aromatic heterocycles. The molecule has 1 aromatic carbocycles. The van der Waals surface area contributed by atoms with Gasteiger partial charge in [0, 0.05) is 10.9 Å². The molecule has 0 spiro atoms. The van der Waals surface area contributed by atoms with Gasteiger partial charge in [-0.25, -0.2) is 0 Å². The van der Waals surface area contributed by atoms with Crippen LogP contribution in [0.25, 0.3) is 0 Å². The largest absolute Gasteiger partial charge is 0.492 e. The molecule has 94 valence electrons. The van der Waals surface area contributed by atoms with Crippen molar-refractivity contribution in [2.45, 2.75) is 30.2 Å². The quantitative estimate of drug-likeness (QED) is 0.745. The van der Waals surface area contributed by atoms with E-state index in [0.29, 0.717) is 0 Å². The zero-order valence-electron chi connectivity index (χ0n) is 10.7. The fraction of sp³-hybridized carbons (Fsp3) is 0.571. The second kappa shape index (κ2) is 6.31. The monoisotopic (exact) mass is 251 g/mol. The lowest BCUT2D eigenvalue weighted by atomic mass is 10.1. The normalized spacial score (nSPS) is 20.7. The minimum absolute atomic E-state index is 0.719. The van der Waals surface area contributed by atoms with Crippen LogP contribution in [0.2, 0.25) is 0 Å². The summed E-state index contributed by atoms with van der Waals surface area (Å²) in [4.78, 5) is 3.68. The van der Waals surface area contributed by atoms with Crippen molar-refractivity contribution in [2.24, 2.45) is 0 Å². The predicted octanol–water partition coefficient (Wildman–Crippen LogP) is 3.27. The van der Waals surface area contributed by atoms with Crippen molar-refractivity contribution in [3.8, 4) is 5.75 Å². The number of likely N-dealkylation sites (tertiary alicyclic amines) is 1. The first-order chi connectivity index (χ1) is 8.31. The maximum Gasteiger partial charge on any atom is 0.132 e. The Morgan fingerprint density at radius 2 is 2.24 bits per heavy atom. The predicted molar refractivity (Wildman–Crippen MR) is 74.0 cm³/mol. The third-order valence-corrected chi connectivity index (χ3v) is 4.23. The summed E-state index contributed by atoms with van der Waals surface area (Å²) in [5, 5.41) is 0. The smallest absolute Gasteiger partial charge is 0.132 e. The molecule has 0 N–H and O–H groups in total. The van der Waals surface area contributed by atoms with Crippen LogP contribution in [0.3, 0.4) is 0 Å². The third-order valence-electron chi connectivity index (χ3n) is 3.45. The number of hydrogen-bond donors (Lipinski definition) is 0. The molecule has 0 aliphatic carbocycles. The molecule has 2 rings (SSSR count). The highest BCUT2D eigenvalue weighted by atomic mass is 32.2.